The monoisotopic (exact) mass is 318 g/mol. The molecule has 0 aliphatic carbocycles. The fourth-order valence-electron chi connectivity index (χ4n) is 3.23. The maximum absolute atomic E-state index is 12.0. The number of benzene rings is 1. The number of nitrogens with zero attached hydrogens (tertiary/aromatic N) is 2. The Morgan fingerprint density at radius 1 is 1.22 bits per heavy atom. The Morgan fingerprint density at radius 3 is 2.61 bits per heavy atom. The first-order valence-electron chi connectivity index (χ1n) is 8.19. The van der Waals surface area contributed by atoms with Crippen LogP contribution in [-0.2, 0) is 18.0 Å². The van der Waals surface area contributed by atoms with Gasteiger partial charge in [-0.1, -0.05) is 30.3 Å². The van der Waals surface area contributed by atoms with Gasteiger partial charge in [0.1, 0.15) is 6.61 Å². The molecule has 6 nitrogen and oxygen atoms in total. The summed E-state index contributed by atoms with van der Waals surface area (Å²) in [4.78, 5) is 13.8. The van der Waals surface area contributed by atoms with Gasteiger partial charge in [-0.3, -0.25) is 4.52 Å². The summed E-state index contributed by atoms with van der Waals surface area (Å²) in [5.74, 6) is 0. The number of piperidine rings is 1. The van der Waals surface area contributed by atoms with Crippen molar-refractivity contribution in [2.75, 3.05) is 5.01 Å². The van der Waals surface area contributed by atoms with E-state index in [1.807, 2.05) is 30.3 Å². The number of nitrogens with one attached hydrogen (secondary N) is 1. The van der Waals surface area contributed by atoms with E-state index >= 15 is 0 Å². The molecule has 0 spiro atoms. The van der Waals surface area contributed by atoms with Crippen LogP contribution in [0.2, 0.25) is 0 Å². The van der Waals surface area contributed by atoms with Gasteiger partial charge in [-0.05, 0) is 38.7 Å². The van der Waals surface area contributed by atoms with E-state index in [1.165, 1.54) is 6.42 Å². The second-order valence-corrected chi connectivity index (χ2v) is 6.23. The average Bonchev–Trinajstić information content (AvgIpc) is 2.90. The van der Waals surface area contributed by atoms with Crippen LogP contribution in [0.1, 0.15) is 44.4 Å². The zero-order chi connectivity index (χ0) is 16.2. The summed E-state index contributed by atoms with van der Waals surface area (Å²) in [7, 11) is 0. The summed E-state index contributed by atoms with van der Waals surface area (Å²) in [6.45, 7) is 5.03. The van der Waals surface area contributed by atoms with Crippen LogP contribution in [0.5, 0.6) is 0 Å². The minimum absolute atomic E-state index is 0.219. The van der Waals surface area contributed by atoms with Crippen LogP contribution < -0.4 is 15.4 Å². The first kappa shape index (κ1) is 15.8. The summed E-state index contributed by atoms with van der Waals surface area (Å²) in [6.07, 6.45) is 3.42. The van der Waals surface area contributed by atoms with E-state index in [1.54, 1.807) is 4.79 Å². The van der Waals surface area contributed by atoms with Crippen LogP contribution in [0.4, 0.5) is 0 Å². The molecule has 1 saturated heterocycles. The quantitative estimate of drug-likeness (QED) is 0.855. The Morgan fingerprint density at radius 2 is 1.91 bits per heavy atom. The van der Waals surface area contributed by atoms with Crippen molar-refractivity contribution < 1.29 is 14.1 Å². The first-order chi connectivity index (χ1) is 11.2. The highest BCUT2D eigenvalue weighted by Gasteiger charge is 2.36. The maximum atomic E-state index is 12.0. The lowest BCUT2D eigenvalue weighted by Gasteiger charge is -2.32. The van der Waals surface area contributed by atoms with Crippen LogP contribution >= 0.6 is 0 Å². The van der Waals surface area contributed by atoms with Crippen molar-refractivity contribution in [2.24, 2.45) is 0 Å². The number of aromatic amines is 1. The number of hydrogen-bond acceptors (Lipinski definition) is 4. The Labute approximate surface area is 135 Å². The van der Waals surface area contributed by atoms with Crippen molar-refractivity contribution in [3.63, 3.8) is 0 Å². The van der Waals surface area contributed by atoms with Gasteiger partial charge < -0.3 is 4.74 Å². The maximum Gasteiger partial charge on any atom is 0.435 e. The Balaban J connectivity index is 1.72. The van der Waals surface area contributed by atoms with Gasteiger partial charge in [0.15, 0.2) is 0 Å². The third-order valence-electron chi connectivity index (χ3n) is 4.44. The van der Waals surface area contributed by atoms with Crippen molar-refractivity contribution in [1.29, 1.82) is 0 Å². The summed E-state index contributed by atoms with van der Waals surface area (Å²) in [5.41, 5.74) is 1.21. The lowest BCUT2D eigenvalue weighted by Crippen LogP contribution is -2.69. The van der Waals surface area contributed by atoms with Gasteiger partial charge in [0.05, 0.1) is 18.7 Å². The molecular formula is C17H24N3O3+. The molecule has 3 rings (SSSR count). The van der Waals surface area contributed by atoms with E-state index in [2.05, 4.69) is 24.1 Å². The first-order valence-corrected chi connectivity index (χ1v) is 8.19. The van der Waals surface area contributed by atoms with Crippen LogP contribution in [0, 0.1) is 0 Å². The summed E-state index contributed by atoms with van der Waals surface area (Å²) < 4.78 is 10.7. The van der Waals surface area contributed by atoms with Crippen LogP contribution in [0.3, 0.4) is 0 Å². The Hall–Kier alpha value is -2.08. The summed E-state index contributed by atoms with van der Waals surface area (Å²) in [6, 6.07) is 10.6. The van der Waals surface area contributed by atoms with Crippen molar-refractivity contribution >= 4 is 0 Å². The summed E-state index contributed by atoms with van der Waals surface area (Å²) in [5, 5.41) is 4.90. The SMILES string of the molecule is CC1CCCC(C)N1[n+]1[nH]oc(=O)c1COCc1ccccc1. The van der Waals surface area contributed by atoms with E-state index in [9.17, 15) is 4.79 Å². The van der Waals surface area contributed by atoms with E-state index < -0.39 is 0 Å². The normalized spacial score (nSPS) is 21.6. The molecular weight excluding hydrogens is 294 g/mol. The van der Waals surface area contributed by atoms with Gasteiger partial charge in [0, 0.05) is 10.1 Å². The number of aromatic nitrogens is 2. The molecule has 1 aliphatic rings. The van der Waals surface area contributed by atoms with Gasteiger partial charge in [-0.25, -0.2) is 4.79 Å². The zero-order valence-electron chi connectivity index (χ0n) is 13.7. The molecule has 23 heavy (non-hydrogen) atoms. The number of hydrogen-bond donors (Lipinski definition) is 1. The average molecular weight is 318 g/mol. The zero-order valence-corrected chi connectivity index (χ0v) is 13.7. The molecule has 1 N–H and O–H groups in total. The van der Waals surface area contributed by atoms with Crippen molar-refractivity contribution in [1.82, 2.24) is 5.27 Å². The van der Waals surface area contributed by atoms with Crippen molar-refractivity contribution in [3.8, 4) is 0 Å². The molecule has 1 fully saturated rings. The predicted molar refractivity (Wildman–Crippen MR) is 85.5 cm³/mol. The topological polar surface area (TPSA) is 62.3 Å². The second-order valence-electron chi connectivity index (χ2n) is 6.23. The molecule has 0 radical (unpaired) electrons. The van der Waals surface area contributed by atoms with Gasteiger partial charge in [-0.15, -0.1) is 5.01 Å². The molecule has 2 unspecified atom stereocenters. The molecule has 2 heterocycles. The molecule has 2 aromatic rings. The second kappa shape index (κ2) is 7.00. The molecule has 2 atom stereocenters. The fourth-order valence-corrected chi connectivity index (χ4v) is 3.23. The van der Waals surface area contributed by atoms with E-state index in [0.29, 0.717) is 24.4 Å². The molecule has 0 bridgehead atoms. The molecule has 0 saturated carbocycles. The predicted octanol–water partition coefficient (Wildman–Crippen LogP) is 1.87. The number of ether oxygens (including phenoxy) is 1. The Bertz CT molecular complexity index is 670. The molecule has 124 valence electrons. The number of H-pyrrole nitrogens is 1. The highest BCUT2D eigenvalue weighted by molar-refractivity contribution is 5.13. The molecule has 6 heteroatoms. The van der Waals surface area contributed by atoms with E-state index in [-0.39, 0.29) is 12.2 Å². The number of rotatable bonds is 5. The smallest absolute Gasteiger partial charge is 0.365 e. The van der Waals surface area contributed by atoms with Crippen molar-refractivity contribution in [2.45, 2.75) is 58.4 Å². The highest BCUT2D eigenvalue weighted by Crippen LogP contribution is 2.18. The standard InChI is InChI=1S/C17H23N3O3/c1-13-7-6-8-14(2)19(13)20-16(17(21)23-18-20)12-22-11-15-9-4-3-5-10-15/h3-5,9-10,13-14H,6-8,11-12H2,1-2H3/p+1. The van der Waals surface area contributed by atoms with Gasteiger partial charge >= 0.3 is 11.3 Å². The van der Waals surface area contributed by atoms with Gasteiger partial charge in [0.2, 0.25) is 0 Å². The molecule has 1 aliphatic heterocycles. The van der Waals surface area contributed by atoms with E-state index in [4.69, 9.17) is 9.26 Å². The van der Waals surface area contributed by atoms with E-state index in [0.717, 1.165) is 18.4 Å². The summed E-state index contributed by atoms with van der Waals surface area (Å²) >= 11 is 0. The molecule has 0 amide bonds. The Kier molecular flexibility index (Phi) is 4.81. The lowest BCUT2D eigenvalue weighted by atomic mass is 10.00. The highest BCUT2D eigenvalue weighted by atomic mass is 16.5. The van der Waals surface area contributed by atoms with Crippen LogP contribution in [0.15, 0.2) is 39.6 Å². The van der Waals surface area contributed by atoms with Gasteiger partial charge in [-0.2, -0.15) is 0 Å². The lowest BCUT2D eigenvalue weighted by molar-refractivity contribution is -0.773. The third kappa shape index (κ3) is 3.47. The largest absolute Gasteiger partial charge is 0.435 e. The molecule has 1 aromatic carbocycles. The molecule has 1 aromatic heterocycles. The van der Waals surface area contributed by atoms with Gasteiger partial charge in [0.25, 0.3) is 0 Å². The van der Waals surface area contributed by atoms with Crippen LogP contribution in [0.25, 0.3) is 0 Å². The minimum Gasteiger partial charge on any atom is -0.365 e. The third-order valence-corrected chi connectivity index (χ3v) is 4.44. The van der Waals surface area contributed by atoms with Crippen molar-refractivity contribution in [3.05, 3.63) is 52.0 Å². The fraction of sp³-hybridized carbons (Fsp3) is 0.529. The minimum atomic E-state index is -0.372. The van der Waals surface area contributed by atoms with Crippen LogP contribution in [-0.4, -0.2) is 17.4 Å².